The highest BCUT2D eigenvalue weighted by Crippen LogP contribution is 2.28. The van der Waals surface area contributed by atoms with Gasteiger partial charge < -0.3 is 10.9 Å². The Hall–Kier alpha value is -1.73. The largest absolute Gasteiger partial charge is 0.481 e. The summed E-state index contributed by atoms with van der Waals surface area (Å²) in [6.07, 6.45) is 0. The first-order chi connectivity index (χ1) is 9.00. The molecule has 1 aromatic heterocycles. The number of rotatable bonds is 4. The van der Waals surface area contributed by atoms with Crippen LogP contribution < -0.4 is 5.84 Å². The van der Waals surface area contributed by atoms with Crippen LogP contribution in [0.3, 0.4) is 0 Å². The highest BCUT2D eigenvalue weighted by molar-refractivity contribution is 7.99. The highest BCUT2D eigenvalue weighted by Gasteiger charge is 2.15. The number of carboxylic acid groups (broad SMARTS) is 1. The third-order valence-electron chi connectivity index (χ3n) is 2.50. The molecule has 0 fully saturated rings. The zero-order valence-corrected chi connectivity index (χ0v) is 11.6. The monoisotopic (exact) mass is 298 g/mol. The molecule has 1 heterocycles. The second-order valence-electron chi connectivity index (χ2n) is 3.77. The molecule has 100 valence electrons. The van der Waals surface area contributed by atoms with Crippen molar-refractivity contribution in [3.63, 3.8) is 0 Å². The normalized spacial score (nSPS) is 10.6. The molecule has 0 aliphatic rings. The summed E-state index contributed by atoms with van der Waals surface area (Å²) in [4.78, 5) is 10.5. The van der Waals surface area contributed by atoms with Gasteiger partial charge in [0, 0.05) is 10.6 Å². The lowest BCUT2D eigenvalue weighted by atomic mass is 10.1. The molecule has 0 aliphatic carbocycles. The van der Waals surface area contributed by atoms with E-state index < -0.39 is 5.97 Å². The number of benzene rings is 1. The van der Waals surface area contributed by atoms with Crippen LogP contribution in [0, 0.1) is 6.92 Å². The van der Waals surface area contributed by atoms with E-state index in [0.29, 0.717) is 16.0 Å². The van der Waals surface area contributed by atoms with E-state index in [1.54, 1.807) is 12.1 Å². The van der Waals surface area contributed by atoms with Crippen molar-refractivity contribution in [1.29, 1.82) is 0 Å². The number of aliphatic carboxylic acids is 1. The van der Waals surface area contributed by atoms with Gasteiger partial charge in [-0.3, -0.25) is 4.79 Å². The maximum atomic E-state index is 10.5. The minimum atomic E-state index is -0.937. The van der Waals surface area contributed by atoms with Gasteiger partial charge in [0.05, 0.1) is 5.75 Å². The molecule has 1 aromatic carbocycles. The van der Waals surface area contributed by atoms with Crippen molar-refractivity contribution in [2.75, 3.05) is 11.6 Å². The van der Waals surface area contributed by atoms with Gasteiger partial charge in [0.15, 0.2) is 5.82 Å². The lowest BCUT2D eigenvalue weighted by Crippen LogP contribution is -2.13. The minimum absolute atomic E-state index is 0.121. The summed E-state index contributed by atoms with van der Waals surface area (Å²) in [5, 5.41) is 17.4. The highest BCUT2D eigenvalue weighted by atomic mass is 35.5. The van der Waals surface area contributed by atoms with Crippen LogP contribution >= 0.6 is 23.4 Å². The average molecular weight is 299 g/mol. The maximum Gasteiger partial charge on any atom is 0.313 e. The Kier molecular flexibility index (Phi) is 3.96. The molecule has 19 heavy (non-hydrogen) atoms. The molecular formula is C11H11ClN4O2S. The smallest absolute Gasteiger partial charge is 0.313 e. The molecule has 0 unspecified atom stereocenters. The molecule has 0 saturated heterocycles. The second kappa shape index (κ2) is 5.50. The zero-order valence-electron chi connectivity index (χ0n) is 10.00. The van der Waals surface area contributed by atoms with E-state index in [2.05, 4.69) is 10.2 Å². The number of nitrogen functional groups attached to an aromatic ring is 1. The zero-order chi connectivity index (χ0) is 14.0. The number of carbonyl (C=O) groups is 1. The van der Waals surface area contributed by atoms with Crippen LogP contribution in [-0.2, 0) is 4.79 Å². The second-order valence-corrected chi connectivity index (χ2v) is 5.12. The Balaban J connectivity index is 2.36. The van der Waals surface area contributed by atoms with E-state index in [1.165, 1.54) is 4.68 Å². The SMILES string of the molecule is Cc1c(Cl)cccc1-c1nnc(SCC(=O)O)n1N. The van der Waals surface area contributed by atoms with Crippen molar-refractivity contribution in [3.05, 3.63) is 28.8 Å². The van der Waals surface area contributed by atoms with Crippen LogP contribution in [0.1, 0.15) is 5.56 Å². The van der Waals surface area contributed by atoms with Crippen molar-refractivity contribution in [3.8, 4) is 11.4 Å². The molecule has 6 nitrogen and oxygen atoms in total. The van der Waals surface area contributed by atoms with Crippen LogP contribution in [0.25, 0.3) is 11.4 Å². The van der Waals surface area contributed by atoms with Gasteiger partial charge in [-0.05, 0) is 18.6 Å². The average Bonchev–Trinajstić information content (AvgIpc) is 2.72. The first-order valence-electron chi connectivity index (χ1n) is 5.31. The standard InChI is InChI=1S/C11H11ClN4O2S/c1-6-7(3-2-4-8(6)12)10-14-15-11(16(10)13)19-5-9(17)18/h2-4H,5,13H2,1H3,(H,17,18). The van der Waals surface area contributed by atoms with Gasteiger partial charge in [0.2, 0.25) is 5.16 Å². The Morgan fingerprint density at radius 1 is 1.53 bits per heavy atom. The first kappa shape index (κ1) is 13.7. The molecule has 0 amide bonds. The Bertz CT molecular complexity index is 629. The molecule has 0 saturated carbocycles. The summed E-state index contributed by atoms with van der Waals surface area (Å²) in [5.74, 6) is 5.27. The van der Waals surface area contributed by atoms with E-state index in [0.717, 1.165) is 22.9 Å². The van der Waals surface area contributed by atoms with Gasteiger partial charge in [0.25, 0.3) is 0 Å². The fraction of sp³-hybridized carbons (Fsp3) is 0.182. The summed E-state index contributed by atoms with van der Waals surface area (Å²) in [6.45, 7) is 1.86. The predicted octanol–water partition coefficient (Wildman–Crippen LogP) is 1.80. The van der Waals surface area contributed by atoms with Crippen LogP contribution in [0.5, 0.6) is 0 Å². The van der Waals surface area contributed by atoms with E-state index in [4.69, 9.17) is 22.6 Å². The number of carboxylic acids is 1. The molecule has 0 atom stereocenters. The van der Waals surface area contributed by atoms with Gasteiger partial charge >= 0.3 is 5.97 Å². The molecule has 2 rings (SSSR count). The van der Waals surface area contributed by atoms with Gasteiger partial charge in [-0.2, -0.15) is 0 Å². The summed E-state index contributed by atoms with van der Waals surface area (Å²) in [6, 6.07) is 5.40. The third kappa shape index (κ3) is 2.82. The van der Waals surface area contributed by atoms with Gasteiger partial charge in [-0.25, -0.2) is 4.68 Å². The number of hydrogen-bond acceptors (Lipinski definition) is 5. The van der Waals surface area contributed by atoms with Crippen LogP contribution in [0.2, 0.25) is 5.02 Å². The van der Waals surface area contributed by atoms with Crippen LogP contribution in [0.15, 0.2) is 23.4 Å². The summed E-state index contributed by atoms with van der Waals surface area (Å²) in [5.41, 5.74) is 1.61. The quantitative estimate of drug-likeness (QED) is 0.660. The molecular weight excluding hydrogens is 288 g/mol. The molecule has 0 spiro atoms. The molecule has 0 bridgehead atoms. The molecule has 0 radical (unpaired) electrons. The lowest BCUT2D eigenvalue weighted by molar-refractivity contribution is -0.133. The van der Waals surface area contributed by atoms with Crippen molar-refractivity contribution in [1.82, 2.24) is 14.9 Å². The Labute approximate surface area is 118 Å². The van der Waals surface area contributed by atoms with E-state index in [9.17, 15) is 4.79 Å². The molecule has 8 heteroatoms. The van der Waals surface area contributed by atoms with Gasteiger partial charge in [-0.1, -0.05) is 35.5 Å². The van der Waals surface area contributed by atoms with Crippen LogP contribution in [0.4, 0.5) is 0 Å². The van der Waals surface area contributed by atoms with E-state index in [-0.39, 0.29) is 5.75 Å². The number of nitrogens with two attached hydrogens (primary N) is 1. The number of hydrogen-bond donors (Lipinski definition) is 2. The van der Waals surface area contributed by atoms with E-state index >= 15 is 0 Å². The molecule has 2 aromatic rings. The molecule has 0 aliphatic heterocycles. The van der Waals surface area contributed by atoms with Crippen molar-refractivity contribution < 1.29 is 9.90 Å². The van der Waals surface area contributed by atoms with Crippen molar-refractivity contribution in [2.24, 2.45) is 0 Å². The Morgan fingerprint density at radius 2 is 2.26 bits per heavy atom. The molecule has 3 N–H and O–H groups in total. The number of aromatic nitrogens is 3. The lowest BCUT2D eigenvalue weighted by Gasteiger charge is -2.07. The predicted molar refractivity (Wildman–Crippen MR) is 73.7 cm³/mol. The number of halogens is 1. The number of thioether (sulfide) groups is 1. The van der Waals surface area contributed by atoms with E-state index in [1.807, 2.05) is 13.0 Å². The summed E-state index contributed by atoms with van der Waals surface area (Å²) < 4.78 is 1.27. The first-order valence-corrected chi connectivity index (χ1v) is 6.67. The minimum Gasteiger partial charge on any atom is -0.481 e. The third-order valence-corrected chi connectivity index (χ3v) is 3.84. The fourth-order valence-electron chi connectivity index (χ4n) is 1.54. The summed E-state index contributed by atoms with van der Waals surface area (Å²) >= 11 is 7.06. The van der Waals surface area contributed by atoms with Crippen molar-refractivity contribution in [2.45, 2.75) is 12.1 Å². The van der Waals surface area contributed by atoms with Crippen molar-refractivity contribution >= 4 is 29.3 Å². The topological polar surface area (TPSA) is 94.0 Å². The van der Waals surface area contributed by atoms with Crippen LogP contribution in [-0.4, -0.2) is 31.7 Å². The summed E-state index contributed by atoms with van der Waals surface area (Å²) in [7, 11) is 0. The maximum absolute atomic E-state index is 10.5. The van der Waals surface area contributed by atoms with Gasteiger partial charge in [-0.15, -0.1) is 10.2 Å². The number of nitrogens with zero attached hydrogens (tertiary/aromatic N) is 3. The Morgan fingerprint density at radius 3 is 2.95 bits per heavy atom. The van der Waals surface area contributed by atoms with Gasteiger partial charge in [0.1, 0.15) is 0 Å². The fourth-order valence-corrected chi connectivity index (χ4v) is 2.29.